The summed E-state index contributed by atoms with van der Waals surface area (Å²) in [5.41, 5.74) is 0. The van der Waals surface area contributed by atoms with Crippen LogP contribution in [-0.4, -0.2) is 49.2 Å². The van der Waals surface area contributed by atoms with Gasteiger partial charge in [0.05, 0.1) is 18.8 Å². The summed E-state index contributed by atoms with van der Waals surface area (Å²) in [4.78, 5) is 15.5. The van der Waals surface area contributed by atoms with Crippen LogP contribution in [-0.2, 0) is 16.0 Å². The summed E-state index contributed by atoms with van der Waals surface area (Å²) in [5.74, 6) is 0.274. The summed E-state index contributed by atoms with van der Waals surface area (Å²) < 4.78 is 5.69. The zero-order valence-corrected chi connectivity index (χ0v) is 13.0. The molecule has 0 bridgehead atoms. The van der Waals surface area contributed by atoms with Crippen molar-refractivity contribution in [2.45, 2.75) is 31.4 Å². The van der Waals surface area contributed by atoms with Crippen molar-refractivity contribution in [2.24, 2.45) is 0 Å². The molecule has 2 saturated heterocycles. The number of likely N-dealkylation sites (tertiary alicyclic amines) is 1. The summed E-state index contributed by atoms with van der Waals surface area (Å²) in [6.07, 6.45) is 2.81. The number of halogens is 1. The first-order chi connectivity index (χ1) is 9.33. The smallest absolute Gasteiger partial charge is 0.222 e. The van der Waals surface area contributed by atoms with E-state index in [-0.39, 0.29) is 24.4 Å². The van der Waals surface area contributed by atoms with Gasteiger partial charge in [-0.25, -0.2) is 0 Å². The minimum Gasteiger partial charge on any atom is -0.373 e. The Morgan fingerprint density at radius 3 is 3.15 bits per heavy atom. The summed E-state index contributed by atoms with van der Waals surface area (Å²) in [5, 5.41) is 5.52. The van der Waals surface area contributed by atoms with Crippen LogP contribution in [0.3, 0.4) is 0 Å². The number of ether oxygens (including phenoxy) is 1. The first kappa shape index (κ1) is 15.8. The molecule has 0 saturated carbocycles. The number of amides is 1. The van der Waals surface area contributed by atoms with Gasteiger partial charge in [0.1, 0.15) is 0 Å². The van der Waals surface area contributed by atoms with Crippen molar-refractivity contribution in [3.8, 4) is 0 Å². The maximum atomic E-state index is 12.2. The molecule has 0 aliphatic carbocycles. The van der Waals surface area contributed by atoms with Crippen LogP contribution in [0.1, 0.15) is 17.7 Å². The molecule has 1 N–H and O–H groups in total. The zero-order valence-electron chi connectivity index (χ0n) is 11.4. The molecule has 0 unspecified atom stereocenters. The molecule has 0 spiro atoms. The number of hydrogen-bond acceptors (Lipinski definition) is 4. The average molecular weight is 317 g/mol. The number of hydrogen-bond donors (Lipinski definition) is 1. The first-order valence-corrected chi connectivity index (χ1v) is 7.86. The molecule has 4 nitrogen and oxygen atoms in total. The van der Waals surface area contributed by atoms with Gasteiger partial charge in [0, 0.05) is 30.9 Å². The Morgan fingerprint density at radius 1 is 1.50 bits per heavy atom. The summed E-state index contributed by atoms with van der Waals surface area (Å²) in [7, 11) is 0. The molecular weight excluding hydrogens is 296 g/mol. The number of aryl methyl sites for hydroxylation is 1. The Labute approximate surface area is 129 Å². The SMILES string of the molecule is Cl.O=C(CCCc1cccs1)N1C[C@@H]2NCCO[C@H]2C1. The van der Waals surface area contributed by atoms with E-state index in [9.17, 15) is 4.79 Å². The summed E-state index contributed by atoms with van der Waals surface area (Å²) in [6.45, 7) is 3.24. The highest BCUT2D eigenvalue weighted by atomic mass is 35.5. The van der Waals surface area contributed by atoms with Gasteiger partial charge in [-0.1, -0.05) is 6.07 Å². The van der Waals surface area contributed by atoms with Crippen molar-refractivity contribution in [3.05, 3.63) is 22.4 Å². The molecule has 1 aromatic rings. The van der Waals surface area contributed by atoms with Crippen LogP contribution in [0, 0.1) is 0 Å². The lowest BCUT2D eigenvalue weighted by molar-refractivity contribution is -0.130. The molecular formula is C14H21ClN2O2S. The van der Waals surface area contributed by atoms with Gasteiger partial charge in [0.15, 0.2) is 0 Å². The number of carbonyl (C=O) groups is 1. The van der Waals surface area contributed by atoms with Crippen LogP contribution in [0.2, 0.25) is 0 Å². The molecule has 3 rings (SSSR count). The van der Waals surface area contributed by atoms with Crippen molar-refractivity contribution in [2.75, 3.05) is 26.2 Å². The highest BCUT2D eigenvalue weighted by Crippen LogP contribution is 2.18. The Kier molecular flexibility index (Phi) is 5.84. The highest BCUT2D eigenvalue weighted by molar-refractivity contribution is 7.09. The second kappa shape index (κ2) is 7.41. The van der Waals surface area contributed by atoms with Gasteiger partial charge in [-0.2, -0.15) is 0 Å². The molecule has 1 aromatic heterocycles. The molecule has 2 fully saturated rings. The largest absolute Gasteiger partial charge is 0.373 e. The van der Waals surface area contributed by atoms with E-state index in [1.807, 2.05) is 4.90 Å². The number of nitrogens with one attached hydrogen (secondary N) is 1. The number of fused-ring (bicyclic) bond motifs is 1. The van der Waals surface area contributed by atoms with Crippen LogP contribution in [0.15, 0.2) is 17.5 Å². The Hall–Kier alpha value is -0.620. The van der Waals surface area contributed by atoms with Gasteiger partial charge in [-0.15, -0.1) is 23.7 Å². The molecule has 2 atom stereocenters. The lowest BCUT2D eigenvalue weighted by atomic mass is 10.2. The number of carbonyl (C=O) groups excluding carboxylic acids is 1. The number of rotatable bonds is 4. The minimum atomic E-state index is 0. The fourth-order valence-electron chi connectivity index (χ4n) is 2.82. The Bertz CT molecular complexity index is 413. The third kappa shape index (κ3) is 3.73. The van der Waals surface area contributed by atoms with Crippen LogP contribution in [0.25, 0.3) is 0 Å². The van der Waals surface area contributed by atoms with Crippen LogP contribution in [0.5, 0.6) is 0 Å². The maximum Gasteiger partial charge on any atom is 0.222 e. The zero-order chi connectivity index (χ0) is 13.1. The Morgan fingerprint density at radius 2 is 2.40 bits per heavy atom. The topological polar surface area (TPSA) is 41.6 Å². The lowest BCUT2D eigenvalue weighted by Gasteiger charge is -2.25. The molecule has 3 heterocycles. The van der Waals surface area contributed by atoms with Crippen molar-refractivity contribution >= 4 is 29.7 Å². The van der Waals surface area contributed by atoms with Gasteiger partial charge in [-0.05, 0) is 24.3 Å². The fraction of sp³-hybridized carbons (Fsp3) is 0.643. The number of nitrogens with zero attached hydrogens (tertiary/aromatic N) is 1. The summed E-state index contributed by atoms with van der Waals surface area (Å²) >= 11 is 1.77. The first-order valence-electron chi connectivity index (χ1n) is 6.98. The molecule has 0 radical (unpaired) electrons. The van der Waals surface area contributed by atoms with Crippen molar-refractivity contribution in [1.29, 1.82) is 0 Å². The molecule has 2 aliphatic rings. The van der Waals surface area contributed by atoms with E-state index in [0.29, 0.717) is 12.5 Å². The molecule has 6 heteroatoms. The Balaban J connectivity index is 0.00000147. The summed E-state index contributed by atoms with van der Waals surface area (Å²) in [6, 6.07) is 4.54. The average Bonchev–Trinajstić information content (AvgIpc) is 3.07. The van der Waals surface area contributed by atoms with E-state index < -0.39 is 0 Å². The normalized spacial score (nSPS) is 25.1. The van der Waals surface area contributed by atoms with Crippen LogP contribution >= 0.6 is 23.7 Å². The third-order valence-corrected chi connectivity index (χ3v) is 4.79. The van der Waals surface area contributed by atoms with Crippen LogP contribution < -0.4 is 5.32 Å². The lowest BCUT2D eigenvalue weighted by Crippen LogP contribution is -2.47. The molecule has 2 aliphatic heterocycles. The van der Waals surface area contributed by atoms with E-state index in [0.717, 1.165) is 39.1 Å². The monoisotopic (exact) mass is 316 g/mol. The predicted molar refractivity (Wildman–Crippen MR) is 82.6 cm³/mol. The van der Waals surface area contributed by atoms with Crippen molar-refractivity contribution < 1.29 is 9.53 Å². The minimum absolute atomic E-state index is 0. The van der Waals surface area contributed by atoms with Gasteiger partial charge >= 0.3 is 0 Å². The molecule has 20 heavy (non-hydrogen) atoms. The van der Waals surface area contributed by atoms with Gasteiger partial charge in [0.25, 0.3) is 0 Å². The number of thiophene rings is 1. The van der Waals surface area contributed by atoms with E-state index in [4.69, 9.17) is 4.74 Å². The van der Waals surface area contributed by atoms with E-state index in [1.165, 1.54) is 4.88 Å². The standard InChI is InChI=1S/C14H20N2O2S.ClH/c17-14(5-1-3-11-4-2-8-19-11)16-9-12-13(10-16)18-7-6-15-12;/h2,4,8,12-13,15H,1,3,5-7,9-10H2;1H/t12-,13-;/m0./s1. The molecule has 0 aromatic carbocycles. The van der Waals surface area contributed by atoms with E-state index in [1.54, 1.807) is 11.3 Å². The quantitative estimate of drug-likeness (QED) is 0.919. The highest BCUT2D eigenvalue weighted by Gasteiger charge is 2.37. The molecule has 1 amide bonds. The maximum absolute atomic E-state index is 12.2. The van der Waals surface area contributed by atoms with E-state index >= 15 is 0 Å². The fourth-order valence-corrected chi connectivity index (χ4v) is 3.58. The number of morpholine rings is 1. The molecule has 112 valence electrons. The second-order valence-electron chi connectivity index (χ2n) is 5.20. The van der Waals surface area contributed by atoms with Crippen molar-refractivity contribution in [1.82, 2.24) is 10.2 Å². The third-order valence-electron chi connectivity index (χ3n) is 3.85. The van der Waals surface area contributed by atoms with Crippen molar-refractivity contribution in [3.63, 3.8) is 0 Å². The van der Waals surface area contributed by atoms with Gasteiger partial charge in [-0.3, -0.25) is 4.79 Å². The predicted octanol–water partition coefficient (Wildman–Crippen LogP) is 1.69. The van der Waals surface area contributed by atoms with Gasteiger partial charge in [0.2, 0.25) is 5.91 Å². The second-order valence-corrected chi connectivity index (χ2v) is 6.23. The van der Waals surface area contributed by atoms with Crippen LogP contribution in [0.4, 0.5) is 0 Å². The van der Waals surface area contributed by atoms with Gasteiger partial charge < -0.3 is 15.0 Å². The van der Waals surface area contributed by atoms with E-state index in [2.05, 4.69) is 22.8 Å².